The fourth-order valence-electron chi connectivity index (χ4n) is 10.5. The van der Waals surface area contributed by atoms with Gasteiger partial charge in [-0.15, -0.1) is 0 Å². The van der Waals surface area contributed by atoms with Crippen LogP contribution in [-0.2, 0) is 5.41 Å². The van der Waals surface area contributed by atoms with Gasteiger partial charge in [-0.3, -0.25) is 0 Å². The van der Waals surface area contributed by atoms with E-state index in [0.29, 0.717) is 0 Å². The Morgan fingerprint density at radius 1 is 0.522 bits per heavy atom. The summed E-state index contributed by atoms with van der Waals surface area (Å²) in [4.78, 5) is 5.05. The minimum atomic E-state index is 0.155. The molecule has 1 unspecified atom stereocenters. The zero-order valence-corrected chi connectivity index (χ0v) is 25.7. The predicted octanol–water partition coefficient (Wildman–Crippen LogP) is 8.86. The first kappa shape index (κ1) is 25.2. The lowest BCUT2D eigenvalue weighted by Gasteiger charge is -2.44. The highest BCUT2D eigenvalue weighted by Crippen LogP contribution is 2.66. The normalized spacial score (nSPS) is 22.4. The van der Waals surface area contributed by atoms with Gasteiger partial charge in [-0.25, -0.2) is 0 Å². The number of para-hydroxylation sites is 3. The van der Waals surface area contributed by atoms with Crippen molar-refractivity contribution >= 4 is 57.2 Å². The number of benzene rings is 6. The minimum Gasteiger partial charge on any atom is -0.311 e. The summed E-state index contributed by atoms with van der Waals surface area (Å²) in [5, 5.41) is 0. The van der Waals surface area contributed by atoms with E-state index in [1.54, 1.807) is 11.1 Å². The Kier molecular flexibility index (Phi) is 4.95. The quantitative estimate of drug-likeness (QED) is 0.186. The molecule has 46 heavy (non-hydrogen) atoms. The molecule has 0 amide bonds. The number of anilines is 6. The second kappa shape index (κ2) is 9.04. The lowest BCUT2D eigenvalue weighted by Crippen LogP contribution is -2.61. The maximum absolute atomic E-state index is 2.60. The Labute approximate surface area is 271 Å². The zero-order valence-electron chi connectivity index (χ0n) is 25.7. The topological polar surface area (TPSA) is 6.48 Å². The highest BCUT2D eigenvalue weighted by molar-refractivity contribution is 7.00. The number of hydrogen-bond acceptors (Lipinski definition) is 2. The number of rotatable bonds is 2. The highest BCUT2D eigenvalue weighted by Gasteiger charge is 2.57. The van der Waals surface area contributed by atoms with Gasteiger partial charge in [0.2, 0.25) is 0 Å². The van der Waals surface area contributed by atoms with Crippen molar-refractivity contribution in [3.05, 3.63) is 151 Å². The van der Waals surface area contributed by atoms with Gasteiger partial charge in [0.1, 0.15) is 0 Å². The van der Waals surface area contributed by atoms with Crippen LogP contribution in [-0.4, -0.2) is 6.71 Å². The van der Waals surface area contributed by atoms with Gasteiger partial charge in [-0.05, 0) is 118 Å². The van der Waals surface area contributed by atoms with Crippen molar-refractivity contribution < 1.29 is 0 Å². The molecule has 2 heterocycles. The average Bonchev–Trinajstić information content (AvgIpc) is 3.81. The summed E-state index contributed by atoms with van der Waals surface area (Å²) < 4.78 is 0. The average molecular weight is 589 g/mol. The van der Waals surface area contributed by atoms with Gasteiger partial charge in [0.25, 0.3) is 6.71 Å². The molecular weight excluding hydrogens is 555 g/mol. The van der Waals surface area contributed by atoms with Crippen LogP contribution in [0.15, 0.2) is 140 Å². The molecule has 11 rings (SSSR count). The first-order valence-corrected chi connectivity index (χ1v) is 17.0. The largest absolute Gasteiger partial charge is 0.311 e. The lowest BCUT2D eigenvalue weighted by atomic mass is 9.33. The third kappa shape index (κ3) is 3.09. The van der Waals surface area contributed by atoms with Gasteiger partial charge in [0.05, 0.1) is 0 Å². The fourth-order valence-corrected chi connectivity index (χ4v) is 10.5. The molecule has 0 radical (unpaired) electrons. The molecule has 2 fully saturated rings. The molecule has 2 bridgehead atoms. The molecular formula is C43H33BN2. The third-order valence-electron chi connectivity index (χ3n) is 12.1. The smallest absolute Gasteiger partial charge is 0.252 e. The molecule has 3 heteroatoms. The highest BCUT2D eigenvalue weighted by atomic mass is 15.2. The van der Waals surface area contributed by atoms with Crippen molar-refractivity contribution in [1.82, 2.24) is 0 Å². The Hall–Kier alpha value is -5.02. The molecule has 218 valence electrons. The summed E-state index contributed by atoms with van der Waals surface area (Å²) in [7, 11) is 0. The Balaban J connectivity index is 1.16. The number of hydrogen-bond donors (Lipinski definition) is 0. The molecule has 1 spiro atoms. The van der Waals surface area contributed by atoms with Gasteiger partial charge in [-0.2, -0.15) is 0 Å². The summed E-state index contributed by atoms with van der Waals surface area (Å²) in [6.07, 6.45) is 5.44. The maximum Gasteiger partial charge on any atom is 0.252 e. The van der Waals surface area contributed by atoms with E-state index >= 15 is 0 Å². The van der Waals surface area contributed by atoms with Crippen LogP contribution in [0.1, 0.15) is 36.8 Å². The molecule has 6 aromatic carbocycles. The van der Waals surface area contributed by atoms with Crippen molar-refractivity contribution in [2.45, 2.75) is 31.1 Å². The fraction of sp³-hybridized carbons (Fsp3) is 0.163. The first-order chi connectivity index (χ1) is 22.8. The van der Waals surface area contributed by atoms with E-state index in [1.165, 1.54) is 87.3 Å². The van der Waals surface area contributed by atoms with E-state index in [9.17, 15) is 0 Å². The van der Waals surface area contributed by atoms with E-state index in [2.05, 4.69) is 149 Å². The summed E-state index contributed by atoms with van der Waals surface area (Å²) in [5.41, 5.74) is 17.9. The van der Waals surface area contributed by atoms with E-state index < -0.39 is 0 Å². The van der Waals surface area contributed by atoms with Crippen LogP contribution in [0.4, 0.5) is 34.1 Å². The van der Waals surface area contributed by atoms with E-state index in [0.717, 1.165) is 11.8 Å². The molecule has 2 saturated carbocycles. The monoisotopic (exact) mass is 588 g/mol. The van der Waals surface area contributed by atoms with Crippen LogP contribution in [0.3, 0.4) is 0 Å². The van der Waals surface area contributed by atoms with Crippen LogP contribution >= 0.6 is 0 Å². The van der Waals surface area contributed by atoms with Crippen LogP contribution in [0, 0.1) is 11.8 Å². The standard InChI is InChI=1S/C43H33BN2/c1-2-11-30(12-3-1)45-38-17-8-6-15-36(38)44-37-16-7-9-18-39(37)46(41-20-10-19-40(45)42(41)44)31-23-24-33-32-13-4-5-14-34(32)43(35(33)26-31)27-28-21-22-29(43)25-28/h1-20,23-24,26,28-29H,21-22,25,27H2/t28?,29-,43-/m0/s1. The summed E-state index contributed by atoms with van der Waals surface area (Å²) >= 11 is 0. The number of nitrogens with zero attached hydrogens (tertiary/aromatic N) is 2. The van der Waals surface area contributed by atoms with Crippen molar-refractivity contribution in [3.8, 4) is 11.1 Å². The third-order valence-corrected chi connectivity index (χ3v) is 12.1. The predicted molar refractivity (Wildman–Crippen MR) is 192 cm³/mol. The van der Waals surface area contributed by atoms with Gasteiger partial charge >= 0.3 is 0 Å². The SMILES string of the molecule is c1ccc(N2c3ccccc3B3c4ccccc4N(c4ccc5c(c4)[C@]4(CC6CC[C@H]4C6)c4ccccc4-5)c4cccc2c43)cc1. The van der Waals surface area contributed by atoms with Crippen molar-refractivity contribution in [1.29, 1.82) is 0 Å². The lowest BCUT2D eigenvalue weighted by molar-refractivity contribution is 0.327. The Morgan fingerprint density at radius 2 is 1.15 bits per heavy atom. The molecule has 2 aliphatic heterocycles. The van der Waals surface area contributed by atoms with Crippen LogP contribution in [0.2, 0.25) is 0 Å². The summed E-state index contributed by atoms with van der Waals surface area (Å²) in [6.45, 7) is 0.172. The molecule has 3 aliphatic carbocycles. The second-order valence-corrected chi connectivity index (χ2v) is 14.1. The maximum atomic E-state index is 2.60. The van der Waals surface area contributed by atoms with Gasteiger partial charge in [0.15, 0.2) is 0 Å². The van der Waals surface area contributed by atoms with Crippen molar-refractivity contribution in [2.24, 2.45) is 11.8 Å². The molecule has 0 N–H and O–H groups in total. The molecule has 2 nitrogen and oxygen atoms in total. The Bertz CT molecular complexity index is 2220. The van der Waals surface area contributed by atoms with Crippen LogP contribution < -0.4 is 26.2 Å². The molecule has 0 aromatic heterocycles. The second-order valence-electron chi connectivity index (χ2n) is 14.1. The van der Waals surface area contributed by atoms with Crippen LogP contribution in [0.25, 0.3) is 11.1 Å². The number of fused-ring (bicyclic) bond motifs is 12. The first-order valence-electron chi connectivity index (χ1n) is 17.0. The van der Waals surface area contributed by atoms with Crippen molar-refractivity contribution in [2.75, 3.05) is 9.80 Å². The van der Waals surface area contributed by atoms with E-state index in [1.807, 2.05) is 0 Å². The minimum absolute atomic E-state index is 0.155. The van der Waals surface area contributed by atoms with Crippen LogP contribution in [0.5, 0.6) is 0 Å². The Morgan fingerprint density at radius 3 is 1.87 bits per heavy atom. The van der Waals surface area contributed by atoms with Gasteiger partial charge < -0.3 is 9.80 Å². The van der Waals surface area contributed by atoms with E-state index in [-0.39, 0.29) is 12.1 Å². The van der Waals surface area contributed by atoms with Gasteiger partial charge in [-0.1, -0.05) is 97.4 Å². The van der Waals surface area contributed by atoms with Gasteiger partial charge in [0, 0.05) is 39.5 Å². The molecule has 3 atom stereocenters. The van der Waals surface area contributed by atoms with Crippen molar-refractivity contribution in [3.63, 3.8) is 0 Å². The molecule has 6 aromatic rings. The zero-order chi connectivity index (χ0) is 30.0. The molecule has 0 saturated heterocycles. The summed E-state index contributed by atoms with van der Waals surface area (Å²) in [5.74, 6) is 1.60. The molecule has 5 aliphatic rings. The summed E-state index contributed by atoms with van der Waals surface area (Å²) in [6, 6.07) is 52.7. The van der Waals surface area contributed by atoms with E-state index in [4.69, 9.17) is 0 Å².